The maximum absolute atomic E-state index is 9.75. The van der Waals surface area contributed by atoms with Gasteiger partial charge < -0.3 is 10.0 Å². The van der Waals surface area contributed by atoms with Gasteiger partial charge in [0.2, 0.25) is 0 Å². The lowest BCUT2D eigenvalue weighted by Gasteiger charge is -2.29. The van der Waals surface area contributed by atoms with Crippen molar-refractivity contribution in [2.24, 2.45) is 5.92 Å². The number of hydrogen-bond donors (Lipinski definition) is 1. The second kappa shape index (κ2) is 6.01. The van der Waals surface area contributed by atoms with Crippen LogP contribution in [-0.2, 0) is 0 Å². The highest BCUT2D eigenvalue weighted by molar-refractivity contribution is 5.47. The maximum atomic E-state index is 9.75. The molecule has 1 aromatic rings. The summed E-state index contributed by atoms with van der Waals surface area (Å²) >= 11 is 0. The number of hydrogen-bond acceptors (Lipinski definition) is 3. The Morgan fingerprint density at radius 3 is 2.47 bits per heavy atom. The van der Waals surface area contributed by atoms with Crippen LogP contribution in [0.4, 0.5) is 5.82 Å². The molecule has 2 atom stereocenters. The number of aliphatic hydroxyl groups excluding tert-OH is 1. The van der Waals surface area contributed by atoms with E-state index in [-0.39, 0.29) is 0 Å². The topological polar surface area (TPSA) is 36.4 Å². The summed E-state index contributed by atoms with van der Waals surface area (Å²) in [6.07, 6.45) is 2.42. The second-order valence-corrected chi connectivity index (χ2v) is 5.18. The van der Waals surface area contributed by atoms with Crippen molar-refractivity contribution in [3.63, 3.8) is 0 Å². The fraction of sp³-hybridized carbons (Fsp3) is 0.643. The largest absolute Gasteiger partial charge is 0.389 e. The third-order valence-electron chi connectivity index (χ3n) is 3.07. The minimum Gasteiger partial charge on any atom is -0.389 e. The Labute approximate surface area is 104 Å². The van der Waals surface area contributed by atoms with Crippen molar-refractivity contribution < 1.29 is 5.11 Å². The molecule has 3 nitrogen and oxygen atoms in total. The highest BCUT2D eigenvalue weighted by Gasteiger charge is 2.17. The zero-order valence-electron chi connectivity index (χ0n) is 11.5. The van der Waals surface area contributed by atoms with E-state index in [2.05, 4.69) is 30.7 Å². The summed E-state index contributed by atoms with van der Waals surface area (Å²) in [5.74, 6) is 1.54. The van der Waals surface area contributed by atoms with Crippen LogP contribution < -0.4 is 4.90 Å². The Morgan fingerprint density at radius 1 is 1.29 bits per heavy atom. The van der Waals surface area contributed by atoms with Crippen molar-refractivity contribution in [3.8, 4) is 0 Å². The Hall–Kier alpha value is -1.09. The summed E-state index contributed by atoms with van der Waals surface area (Å²) < 4.78 is 0. The molecule has 0 aliphatic heterocycles. The average molecular weight is 236 g/mol. The van der Waals surface area contributed by atoms with E-state index in [0.717, 1.165) is 17.8 Å². The molecule has 0 saturated carbocycles. The van der Waals surface area contributed by atoms with E-state index in [0.29, 0.717) is 12.0 Å². The molecule has 0 aromatic carbocycles. The molecular formula is C14H24N2O. The van der Waals surface area contributed by atoms with Gasteiger partial charge in [-0.1, -0.05) is 19.9 Å². The van der Waals surface area contributed by atoms with Crippen molar-refractivity contribution in [2.75, 3.05) is 11.9 Å². The van der Waals surface area contributed by atoms with Gasteiger partial charge in [0.1, 0.15) is 5.82 Å². The molecule has 1 rings (SSSR count). The molecule has 0 radical (unpaired) electrons. The number of rotatable bonds is 5. The molecule has 0 aliphatic carbocycles. The normalized spacial score (nSPS) is 14.8. The van der Waals surface area contributed by atoms with Crippen LogP contribution in [0.25, 0.3) is 0 Å². The van der Waals surface area contributed by atoms with Crippen LogP contribution in [0.15, 0.2) is 18.3 Å². The Bertz CT molecular complexity index is 350. The summed E-state index contributed by atoms with van der Waals surface area (Å²) in [7, 11) is 2.04. The van der Waals surface area contributed by atoms with Crippen LogP contribution in [0, 0.1) is 5.92 Å². The molecule has 1 heterocycles. The number of aliphatic hydroxyl groups is 1. The number of anilines is 1. The summed E-state index contributed by atoms with van der Waals surface area (Å²) in [4.78, 5) is 6.55. The standard InChI is InChI=1S/C14H24N2O/c1-10(2)9-11(3)16(5)14-13(12(4)17)7-6-8-15-14/h6-8,10-12,17H,9H2,1-5H3. The first-order chi connectivity index (χ1) is 7.93. The molecule has 3 heteroatoms. The smallest absolute Gasteiger partial charge is 0.134 e. The zero-order valence-corrected chi connectivity index (χ0v) is 11.5. The second-order valence-electron chi connectivity index (χ2n) is 5.18. The highest BCUT2D eigenvalue weighted by atomic mass is 16.3. The van der Waals surface area contributed by atoms with Crippen molar-refractivity contribution in [1.29, 1.82) is 0 Å². The first-order valence-electron chi connectivity index (χ1n) is 6.29. The van der Waals surface area contributed by atoms with E-state index in [1.165, 1.54) is 0 Å². The third kappa shape index (κ3) is 3.70. The van der Waals surface area contributed by atoms with Crippen LogP contribution in [0.2, 0.25) is 0 Å². The van der Waals surface area contributed by atoms with E-state index in [9.17, 15) is 5.11 Å². The van der Waals surface area contributed by atoms with Gasteiger partial charge in [0.25, 0.3) is 0 Å². The fourth-order valence-corrected chi connectivity index (χ4v) is 2.08. The van der Waals surface area contributed by atoms with Crippen molar-refractivity contribution in [1.82, 2.24) is 4.98 Å². The molecule has 0 fully saturated rings. The number of nitrogens with zero attached hydrogens (tertiary/aromatic N) is 2. The van der Waals surface area contributed by atoms with E-state index < -0.39 is 6.10 Å². The van der Waals surface area contributed by atoms with Crippen LogP contribution in [-0.4, -0.2) is 23.2 Å². The van der Waals surface area contributed by atoms with Crippen LogP contribution in [0.3, 0.4) is 0 Å². The van der Waals surface area contributed by atoms with Gasteiger partial charge in [-0.25, -0.2) is 4.98 Å². The van der Waals surface area contributed by atoms with E-state index in [4.69, 9.17) is 0 Å². The van der Waals surface area contributed by atoms with Gasteiger partial charge in [0, 0.05) is 24.8 Å². The molecule has 2 unspecified atom stereocenters. The highest BCUT2D eigenvalue weighted by Crippen LogP contribution is 2.25. The predicted octanol–water partition coefficient (Wildman–Crippen LogP) is 3.01. The molecule has 1 aromatic heterocycles. The minimum atomic E-state index is -0.479. The molecule has 17 heavy (non-hydrogen) atoms. The summed E-state index contributed by atoms with van der Waals surface area (Å²) in [6, 6.07) is 4.22. The van der Waals surface area contributed by atoms with E-state index in [1.54, 1.807) is 13.1 Å². The number of aromatic nitrogens is 1. The first kappa shape index (κ1) is 14.0. The lowest BCUT2D eigenvalue weighted by Crippen LogP contribution is -2.31. The Balaban J connectivity index is 2.91. The quantitative estimate of drug-likeness (QED) is 0.853. The molecule has 1 N–H and O–H groups in total. The van der Waals surface area contributed by atoms with Crippen LogP contribution in [0.5, 0.6) is 0 Å². The SMILES string of the molecule is CC(C)CC(C)N(C)c1ncccc1C(C)O. The number of pyridine rings is 1. The third-order valence-corrected chi connectivity index (χ3v) is 3.07. The van der Waals surface area contributed by atoms with Gasteiger partial charge in [-0.15, -0.1) is 0 Å². The Kier molecular flexibility index (Phi) is 4.94. The van der Waals surface area contributed by atoms with E-state index >= 15 is 0 Å². The zero-order chi connectivity index (χ0) is 13.0. The van der Waals surface area contributed by atoms with Crippen molar-refractivity contribution >= 4 is 5.82 Å². The first-order valence-corrected chi connectivity index (χ1v) is 6.29. The fourth-order valence-electron chi connectivity index (χ4n) is 2.08. The molecule has 0 spiro atoms. The van der Waals surface area contributed by atoms with Crippen LogP contribution in [0.1, 0.15) is 45.8 Å². The van der Waals surface area contributed by atoms with Gasteiger partial charge in [-0.05, 0) is 32.3 Å². The van der Waals surface area contributed by atoms with Crippen LogP contribution >= 0.6 is 0 Å². The predicted molar refractivity (Wildman–Crippen MR) is 72.2 cm³/mol. The molecule has 0 amide bonds. The molecule has 0 aliphatic rings. The molecular weight excluding hydrogens is 212 g/mol. The summed E-state index contributed by atoms with van der Waals surface area (Å²) in [6.45, 7) is 8.42. The van der Waals surface area contributed by atoms with Gasteiger partial charge in [-0.2, -0.15) is 0 Å². The lowest BCUT2D eigenvalue weighted by molar-refractivity contribution is 0.199. The monoisotopic (exact) mass is 236 g/mol. The summed E-state index contributed by atoms with van der Waals surface area (Å²) in [5.41, 5.74) is 0.894. The summed E-state index contributed by atoms with van der Waals surface area (Å²) in [5, 5.41) is 9.75. The lowest BCUT2D eigenvalue weighted by atomic mass is 10.0. The van der Waals surface area contributed by atoms with E-state index in [1.807, 2.05) is 19.2 Å². The molecule has 0 saturated heterocycles. The van der Waals surface area contributed by atoms with Crippen molar-refractivity contribution in [2.45, 2.75) is 46.3 Å². The maximum Gasteiger partial charge on any atom is 0.134 e. The Morgan fingerprint density at radius 2 is 1.94 bits per heavy atom. The average Bonchev–Trinajstić information content (AvgIpc) is 2.27. The van der Waals surface area contributed by atoms with Gasteiger partial charge >= 0.3 is 0 Å². The van der Waals surface area contributed by atoms with Crippen molar-refractivity contribution in [3.05, 3.63) is 23.9 Å². The molecule has 0 bridgehead atoms. The van der Waals surface area contributed by atoms with Gasteiger partial charge in [0.15, 0.2) is 0 Å². The molecule has 96 valence electrons. The van der Waals surface area contributed by atoms with Gasteiger partial charge in [0.05, 0.1) is 6.10 Å². The minimum absolute atomic E-state index is 0.419. The van der Waals surface area contributed by atoms with Gasteiger partial charge in [-0.3, -0.25) is 0 Å².